The Morgan fingerprint density at radius 1 is 0.480 bits per heavy atom. The summed E-state index contributed by atoms with van der Waals surface area (Å²) in [6.07, 6.45) is -3.91. The van der Waals surface area contributed by atoms with E-state index in [1.165, 1.54) is 0 Å². The zero-order chi connectivity index (χ0) is 20.7. The number of hydrogen-bond donors (Lipinski definition) is 3. The van der Waals surface area contributed by atoms with E-state index in [9.17, 15) is 64.8 Å². The van der Waals surface area contributed by atoms with Crippen LogP contribution >= 0.6 is 0 Å². The van der Waals surface area contributed by atoms with Crippen molar-refractivity contribution in [1.82, 2.24) is 14.2 Å². The molecule has 21 heteroatoms. The molecule has 0 spiro atoms. The first-order valence-electron chi connectivity index (χ1n) is 4.79. The summed E-state index contributed by atoms with van der Waals surface area (Å²) in [6.45, 7) is 0. The van der Waals surface area contributed by atoms with Crippen molar-refractivity contribution in [3.63, 3.8) is 0 Å². The molecule has 0 rings (SSSR count). The Morgan fingerprint density at radius 2 is 0.640 bits per heavy atom. The molecule has 0 atom stereocenters. The minimum absolute atomic E-state index is 0.0436. The van der Waals surface area contributed by atoms with Gasteiger partial charge in [-0.05, 0) is 0 Å². The second kappa shape index (κ2) is 6.68. The maximum Gasteiger partial charge on any atom is 0.511 e. The van der Waals surface area contributed by atoms with Crippen LogP contribution in [0.25, 0.3) is 0 Å². The molecule has 0 unspecified atom stereocenters. The predicted octanol–water partition coefficient (Wildman–Crippen LogP) is -0.412. The summed E-state index contributed by atoms with van der Waals surface area (Å²) >= 11 is 0. The smallest absolute Gasteiger partial charge is 0.203 e. The molecule has 0 aliphatic heterocycles. The van der Waals surface area contributed by atoms with Gasteiger partial charge in [0.25, 0.3) is 0 Å². The molecule has 0 aromatic carbocycles. The summed E-state index contributed by atoms with van der Waals surface area (Å²) in [5, 5.41) is 0. The zero-order valence-electron chi connectivity index (χ0n) is 10.7. The number of alkyl halides is 9. The van der Waals surface area contributed by atoms with Gasteiger partial charge in [0.15, 0.2) is 6.29 Å². The van der Waals surface area contributed by atoms with Crippen LogP contribution in [0.1, 0.15) is 0 Å². The van der Waals surface area contributed by atoms with E-state index in [2.05, 4.69) is 0 Å². The highest BCUT2D eigenvalue weighted by molar-refractivity contribution is 7.92. The van der Waals surface area contributed by atoms with Crippen molar-refractivity contribution >= 4 is 30.1 Å². The van der Waals surface area contributed by atoms with Gasteiger partial charge in [0.2, 0.25) is 0 Å². The molecule has 0 aliphatic rings. The summed E-state index contributed by atoms with van der Waals surface area (Å²) in [6, 6.07) is 0. The second-order valence-electron chi connectivity index (χ2n) is 3.63. The van der Waals surface area contributed by atoms with Crippen molar-refractivity contribution in [2.45, 2.75) is 22.8 Å². The third-order valence-corrected chi connectivity index (χ3v) is 5.20. The van der Waals surface area contributed by atoms with Crippen LogP contribution in [0.3, 0.4) is 0 Å². The van der Waals surface area contributed by atoms with Gasteiger partial charge in [-0.15, -0.1) is 0 Å². The first-order valence-corrected chi connectivity index (χ1v) is 9.24. The van der Waals surface area contributed by atoms with Gasteiger partial charge < -0.3 is 0 Å². The number of hydrogen-bond acceptors (Lipinski definition) is 6. The molecule has 0 aromatic rings. The molecule has 0 saturated heterocycles. The highest BCUT2D eigenvalue weighted by Gasteiger charge is 2.53. The Hall–Kier alpha value is -0.900. The highest BCUT2D eigenvalue weighted by atomic mass is 32.2. The molecule has 0 saturated carbocycles. The molecule has 0 heterocycles. The summed E-state index contributed by atoms with van der Waals surface area (Å²) in [5.74, 6) is 0. The van der Waals surface area contributed by atoms with E-state index < -0.39 is 52.9 Å². The molecule has 0 bridgehead atoms. The van der Waals surface area contributed by atoms with Gasteiger partial charge in [0, 0.05) is 0 Å². The lowest BCUT2D eigenvalue weighted by Crippen LogP contribution is -2.62. The Bertz CT molecular complexity index is 682. The lowest BCUT2D eigenvalue weighted by Gasteiger charge is -2.22. The van der Waals surface area contributed by atoms with Crippen LogP contribution in [-0.2, 0) is 30.1 Å². The third kappa shape index (κ3) is 6.09. The van der Waals surface area contributed by atoms with Crippen LogP contribution in [0.5, 0.6) is 0 Å². The topological polar surface area (TPSA) is 139 Å². The fourth-order valence-electron chi connectivity index (χ4n) is 0.738. The van der Waals surface area contributed by atoms with E-state index in [0.29, 0.717) is 0 Å². The minimum atomic E-state index is -6.77. The van der Waals surface area contributed by atoms with Crippen LogP contribution in [0.4, 0.5) is 39.5 Å². The van der Waals surface area contributed by atoms with Crippen LogP contribution < -0.4 is 14.2 Å². The highest BCUT2D eigenvalue weighted by Crippen LogP contribution is 2.25. The van der Waals surface area contributed by atoms with Crippen LogP contribution in [0, 0.1) is 0 Å². The maximum absolute atomic E-state index is 12.1. The first kappa shape index (κ1) is 24.1. The van der Waals surface area contributed by atoms with E-state index >= 15 is 0 Å². The summed E-state index contributed by atoms with van der Waals surface area (Å²) in [5.41, 5.74) is -19.0. The van der Waals surface area contributed by atoms with Crippen molar-refractivity contribution in [1.29, 1.82) is 0 Å². The predicted molar refractivity (Wildman–Crippen MR) is 58.1 cm³/mol. The Kier molecular flexibility index (Phi) is 6.44. The minimum Gasteiger partial charge on any atom is -0.203 e. The molecule has 0 radical (unpaired) electrons. The maximum atomic E-state index is 12.1. The third-order valence-electron chi connectivity index (χ3n) is 1.73. The number of rotatable bonds is 6. The Balaban J connectivity index is 5.96. The lowest BCUT2D eigenvalue weighted by atomic mass is 11.0. The van der Waals surface area contributed by atoms with Crippen LogP contribution in [0.2, 0.25) is 0 Å². The van der Waals surface area contributed by atoms with Crippen LogP contribution in [0.15, 0.2) is 0 Å². The van der Waals surface area contributed by atoms with Gasteiger partial charge in [-0.25, -0.2) is 25.3 Å². The monoisotopic (exact) mass is 457 g/mol. The van der Waals surface area contributed by atoms with Crippen molar-refractivity contribution in [3.05, 3.63) is 0 Å². The number of nitrogens with one attached hydrogen (secondary N) is 3. The second-order valence-corrected chi connectivity index (χ2v) is 8.75. The lowest BCUT2D eigenvalue weighted by molar-refractivity contribution is -0.0468. The van der Waals surface area contributed by atoms with Crippen molar-refractivity contribution in [2.75, 3.05) is 0 Å². The molecule has 0 aliphatic carbocycles. The van der Waals surface area contributed by atoms with Crippen LogP contribution in [-0.4, -0.2) is 48.1 Å². The molecular weight excluding hydrogens is 453 g/mol. The van der Waals surface area contributed by atoms with Crippen molar-refractivity contribution in [3.8, 4) is 0 Å². The van der Waals surface area contributed by atoms with Gasteiger partial charge in [-0.1, -0.05) is 0 Å². The van der Waals surface area contributed by atoms with Gasteiger partial charge in [-0.3, -0.25) is 0 Å². The normalized spacial score (nSPS) is 15.6. The molecule has 152 valence electrons. The quantitative estimate of drug-likeness (QED) is 0.366. The summed E-state index contributed by atoms with van der Waals surface area (Å²) in [7, 11) is -20.3. The largest absolute Gasteiger partial charge is 0.511 e. The fourth-order valence-corrected chi connectivity index (χ4v) is 2.65. The van der Waals surface area contributed by atoms with E-state index in [1.807, 2.05) is 0 Å². The molecule has 0 fully saturated rings. The van der Waals surface area contributed by atoms with E-state index in [-0.39, 0.29) is 14.2 Å². The van der Waals surface area contributed by atoms with Crippen molar-refractivity contribution in [2.24, 2.45) is 0 Å². The average molecular weight is 457 g/mol. The van der Waals surface area contributed by atoms with Gasteiger partial charge in [-0.2, -0.15) is 53.7 Å². The molecule has 25 heavy (non-hydrogen) atoms. The first-order chi connectivity index (χ1) is 10.5. The SMILES string of the molecule is O=S(=O)(NC(NS(=O)(=O)C(F)(F)F)NS(=O)(=O)C(F)(F)F)C(F)(F)F. The van der Waals surface area contributed by atoms with Gasteiger partial charge in [0.05, 0.1) is 0 Å². The zero-order valence-corrected chi connectivity index (χ0v) is 13.1. The summed E-state index contributed by atoms with van der Waals surface area (Å²) < 4.78 is 173. The summed E-state index contributed by atoms with van der Waals surface area (Å²) in [4.78, 5) is 0. The molecule has 9 nitrogen and oxygen atoms in total. The van der Waals surface area contributed by atoms with E-state index in [0.717, 1.165) is 0 Å². The van der Waals surface area contributed by atoms with E-state index in [1.54, 1.807) is 0 Å². The average Bonchev–Trinajstić information content (AvgIpc) is 2.21. The van der Waals surface area contributed by atoms with Gasteiger partial charge >= 0.3 is 46.6 Å². The standard InChI is InChI=1S/C4H4F9N3O6S3/c5-2(6,7)23(17,18)14-1(15-24(19,20)3(8,9)10)16-25(21,22)4(11,12)13/h1,14-16H. The molecule has 0 amide bonds. The number of sulfonamides is 3. The Morgan fingerprint density at radius 3 is 0.760 bits per heavy atom. The number of halogens is 9. The Labute approximate surface area is 132 Å². The van der Waals surface area contributed by atoms with Crippen molar-refractivity contribution < 1.29 is 64.8 Å². The van der Waals surface area contributed by atoms with Gasteiger partial charge in [0.1, 0.15) is 0 Å². The van der Waals surface area contributed by atoms with E-state index in [4.69, 9.17) is 0 Å². The molecule has 3 N–H and O–H groups in total. The molecular formula is C4H4F9N3O6S3. The fraction of sp³-hybridized carbons (Fsp3) is 1.00. The molecule has 0 aromatic heterocycles.